The molecule has 0 aliphatic carbocycles. The summed E-state index contributed by atoms with van der Waals surface area (Å²) in [7, 11) is 1.60. The summed E-state index contributed by atoms with van der Waals surface area (Å²) in [4.78, 5) is 12.4. The molecule has 0 saturated heterocycles. The fourth-order valence-electron chi connectivity index (χ4n) is 2.28. The zero-order valence-electron chi connectivity index (χ0n) is 15.2. The molecule has 144 valence electrons. The van der Waals surface area contributed by atoms with Crippen molar-refractivity contribution in [3.63, 3.8) is 0 Å². The molecule has 5 nitrogen and oxygen atoms in total. The molecule has 0 radical (unpaired) electrons. The highest BCUT2D eigenvalue weighted by Crippen LogP contribution is 2.32. The van der Waals surface area contributed by atoms with E-state index in [-0.39, 0.29) is 5.57 Å². The summed E-state index contributed by atoms with van der Waals surface area (Å²) >= 11 is 5.61. The third-order valence-corrected chi connectivity index (χ3v) is 5.04. The van der Waals surface area contributed by atoms with Gasteiger partial charge in [-0.3, -0.25) is 4.79 Å². The van der Waals surface area contributed by atoms with Crippen molar-refractivity contribution in [1.82, 2.24) is 5.32 Å². The van der Waals surface area contributed by atoms with Crippen LogP contribution in [0.25, 0.3) is 6.08 Å². The first-order valence-corrected chi connectivity index (χ1v) is 10.1. The van der Waals surface area contributed by atoms with Gasteiger partial charge < -0.3 is 14.8 Å². The van der Waals surface area contributed by atoms with Crippen LogP contribution in [-0.2, 0) is 11.3 Å². The zero-order chi connectivity index (χ0) is 20.5. The quantitative estimate of drug-likeness (QED) is 0.220. The fourth-order valence-corrected chi connectivity index (χ4v) is 4.05. The molecule has 0 atom stereocenters. The maximum Gasteiger partial charge on any atom is 0.262 e. The third-order valence-electron chi connectivity index (χ3n) is 3.65. The summed E-state index contributed by atoms with van der Waals surface area (Å²) in [5.74, 6) is 1.00. The molecule has 0 heterocycles. The second-order valence-corrected chi connectivity index (χ2v) is 7.63. The van der Waals surface area contributed by atoms with Gasteiger partial charge in [0.1, 0.15) is 29.7 Å². The molecule has 0 aliphatic rings. The van der Waals surface area contributed by atoms with Gasteiger partial charge in [0.15, 0.2) is 0 Å². The second-order valence-electron chi connectivity index (χ2n) is 5.61. The van der Waals surface area contributed by atoms with Gasteiger partial charge in [-0.1, -0.05) is 24.8 Å². The highest BCUT2D eigenvalue weighted by atomic mass is 127. The Kier molecular flexibility index (Phi) is 8.54. The number of amides is 1. The number of nitriles is 1. The van der Waals surface area contributed by atoms with Crippen LogP contribution >= 0.6 is 38.5 Å². The SMILES string of the molecule is C=CCOc1c(Br)cc(/C=C(/C#N)C(=O)NCc2ccc(OC)cc2)cc1I. The van der Waals surface area contributed by atoms with Gasteiger partial charge in [-0.25, -0.2) is 0 Å². The average Bonchev–Trinajstić information content (AvgIpc) is 2.70. The predicted octanol–water partition coefficient (Wildman–Crippen LogP) is 4.85. The lowest BCUT2D eigenvalue weighted by Gasteiger charge is -2.10. The molecule has 1 N–H and O–H groups in total. The van der Waals surface area contributed by atoms with Gasteiger partial charge in [-0.15, -0.1) is 0 Å². The van der Waals surface area contributed by atoms with Crippen molar-refractivity contribution in [3.8, 4) is 17.6 Å². The maximum absolute atomic E-state index is 12.4. The normalized spacial score (nSPS) is 10.7. The van der Waals surface area contributed by atoms with Crippen LogP contribution in [0.3, 0.4) is 0 Å². The van der Waals surface area contributed by atoms with E-state index < -0.39 is 5.91 Å². The number of nitrogens with one attached hydrogen (secondary N) is 1. The average molecular weight is 553 g/mol. The summed E-state index contributed by atoms with van der Waals surface area (Å²) in [6.07, 6.45) is 3.21. The van der Waals surface area contributed by atoms with E-state index in [0.717, 1.165) is 24.9 Å². The Bertz CT molecular complexity index is 911. The van der Waals surface area contributed by atoms with E-state index >= 15 is 0 Å². The first kappa shape index (κ1) is 22.0. The van der Waals surface area contributed by atoms with E-state index in [2.05, 4.69) is 50.4 Å². The highest BCUT2D eigenvalue weighted by molar-refractivity contribution is 14.1. The molecule has 7 heteroatoms. The number of methoxy groups -OCH3 is 1. The van der Waals surface area contributed by atoms with E-state index in [1.807, 2.05) is 36.4 Å². The molecule has 2 rings (SSSR count). The molecule has 2 aromatic carbocycles. The van der Waals surface area contributed by atoms with Crippen LogP contribution in [0.4, 0.5) is 0 Å². The maximum atomic E-state index is 12.4. The zero-order valence-corrected chi connectivity index (χ0v) is 18.9. The highest BCUT2D eigenvalue weighted by Gasteiger charge is 2.12. The second kappa shape index (κ2) is 10.9. The monoisotopic (exact) mass is 552 g/mol. The van der Waals surface area contributed by atoms with Crippen LogP contribution in [-0.4, -0.2) is 19.6 Å². The van der Waals surface area contributed by atoms with Crippen molar-refractivity contribution in [2.45, 2.75) is 6.54 Å². The molecular formula is C21H18BrIN2O3. The van der Waals surface area contributed by atoms with Gasteiger partial charge in [0.25, 0.3) is 5.91 Å². The summed E-state index contributed by atoms with van der Waals surface area (Å²) in [5, 5.41) is 12.1. The molecule has 0 aliphatic heterocycles. The number of hydrogen-bond donors (Lipinski definition) is 1. The summed E-state index contributed by atoms with van der Waals surface area (Å²) in [6.45, 7) is 4.34. The van der Waals surface area contributed by atoms with Crippen molar-refractivity contribution >= 4 is 50.5 Å². The summed E-state index contributed by atoms with van der Waals surface area (Å²) in [6, 6.07) is 13.0. The number of carbonyl (C=O) groups is 1. The largest absolute Gasteiger partial charge is 0.497 e. The molecule has 0 fully saturated rings. The number of halogens is 2. The Labute approximate surface area is 186 Å². The number of nitrogens with zero attached hydrogens (tertiary/aromatic N) is 1. The molecule has 0 unspecified atom stereocenters. The molecular weight excluding hydrogens is 535 g/mol. The van der Waals surface area contributed by atoms with Gasteiger partial charge in [0, 0.05) is 6.54 Å². The van der Waals surface area contributed by atoms with E-state index in [0.29, 0.717) is 18.9 Å². The fraction of sp³-hybridized carbons (Fsp3) is 0.143. The lowest BCUT2D eigenvalue weighted by Crippen LogP contribution is -2.23. The molecule has 0 spiro atoms. The molecule has 0 aromatic heterocycles. The van der Waals surface area contributed by atoms with Crippen LogP contribution in [0.5, 0.6) is 11.5 Å². The minimum absolute atomic E-state index is 0.0240. The molecule has 0 bridgehead atoms. The lowest BCUT2D eigenvalue weighted by molar-refractivity contribution is -0.117. The smallest absolute Gasteiger partial charge is 0.262 e. The Hall–Kier alpha value is -2.31. The summed E-state index contributed by atoms with van der Waals surface area (Å²) < 4.78 is 12.3. The molecule has 28 heavy (non-hydrogen) atoms. The van der Waals surface area contributed by atoms with E-state index in [1.165, 1.54) is 0 Å². The first-order chi connectivity index (χ1) is 13.5. The Morgan fingerprint density at radius 1 is 1.36 bits per heavy atom. The Morgan fingerprint density at radius 3 is 2.64 bits per heavy atom. The number of benzene rings is 2. The van der Waals surface area contributed by atoms with E-state index in [1.54, 1.807) is 25.3 Å². The number of rotatable bonds is 8. The van der Waals surface area contributed by atoms with Gasteiger partial charge >= 0.3 is 0 Å². The minimum Gasteiger partial charge on any atom is -0.497 e. The number of hydrogen-bond acceptors (Lipinski definition) is 4. The standard InChI is InChI=1S/C21H18BrIN2O3/c1-3-8-28-20-18(22)10-15(11-19(20)23)9-16(12-24)21(26)25-13-14-4-6-17(27-2)7-5-14/h3-7,9-11H,1,8,13H2,2H3,(H,25,26)/b16-9-. The van der Waals surface area contributed by atoms with Crippen molar-refractivity contribution in [2.24, 2.45) is 0 Å². The number of carbonyl (C=O) groups excluding carboxylic acids is 1. The van der Waals surface area contributed by atoms with Gasteiger partial charge in [-0.05, 0) is 80.0 Å². The van der Waals surface area contributed by atoms with Crippen LogP contribution in [0, 0.1) is 14.9 Å². The Balaban J connectivity index is 2.12. The van der Waals surface area contributed by atoms with Crippen molar-refractivity contribution < 1.29 is 14.3 Å². The van der Waals surface area contributed by atoms with Crippen LogP contribution in [0.15, 0.2) is 59.1 Å². The van der Waals surface area contributed by atoms with Crippen molar-refractivity contribution in [2.75, 3.05) is 13.7 Å². The van der Waals surface area contributed by atoms with Gasteiger partial charge in [0.05, 0.1) is 15.2 Å². The van der Waals surface area contributed by atoms with Crippen molar-refractivity contribution in [1.29, 1.82) is 5.26 Å². The number of ether oxygens (including phenoxy) is 2. The van der Waals surface area contributed by atoms with E-state index in [9.17, 15) is 10.1 Å². The Morgan fingerprint density at radius 2 is 2.07 bits per heavy atom. The summed E-state index contributed by atoms with van der Waals surface area (Å²) in [5.41, 5.74) is 1.65. The van der Waals surface area contributed by atoms with Crippen LogP contribution in [0.2, 0.25) is 0 Å². The third kappa shape index (κ3) is 6.11. The molecule has 0 saturated carbocycles. The van der Waals surface area contributed by atoms with Gasteiger partial charge in [-0.2, -0.15) is 5.26 Å². The van der Waals surface area contributed by atoms with Crippen molar-refractivity contribution in [3.05, 3.63) is 73.8 Å². The van der Waals surface area contributed by atoms with Crippen LogP contribution < -0.4 is 14.8 Å². The lowest BCUT2D eigenvalue weighted by atomic mass is 10.1. The minimum atomic E-state index is -0.434. The van der Waals surface area contributed by atoms with Crippen LogP contribution in [0.1, 0.15) is 11.1 Å². The van der Waals surface area contributed by atoms with Gasteiger partial charge in [0.2, 0.25) is 0 Å². The topological polar surface area (TPSA) is 71.3 Å². The first-order valence-electron chi connectivity index (χ1n) is 8.24. The molecule has 2 aromatic rings. The molecule has 1 amide bonds. The van der Waals surface area contributed by atoms with E-state index in [4.69, 9.17) is 9.47 Å². The predicted molar refractivity (Wildman–Crippen MR) is 121 cm³/mol.